The molecule has 0 fully saturated rings. The maximum Gasteiger partial charge on any atom is 0.321 e. The smallest absolute Gasteiger partial charge is 0.321 e. The fraction of sp³-hybridized carbons (Fsp3) is 0.250. The van der Waals surface area contributed by atoms with E-state index in [1.54, 1.807) is 6.20 Å². The van der Waals surface area contributed by atoms with Crippen LogP contribution in [0.2, 0.25) is 0 Å². The van der Waals surface area contributed by atoms with Gasteiger partial charge in [0.1, 0.15) is 6.04 Å². The molecule has 0 aliphatic carbocycles. The average Bonchev–Trinajstić information content (AvgIpc) is 2.48. The Kier molecular flexibility index (Phi) is 4.03. The van der Waals surface area contributed by atoms with Crippen molar-refractivity contribution in [2.45, 2.75) is 25.6 Å². The van der Waals surface area contributed by atoms with Gasteiger partial charge in [-0.1, -0.05) is 24.3 Å². The minimum Gasteiger partial charge on any atom is -0.480 e. The lowest BCUT2D eigenvalue weighted by Crippen LogP contribution is -2.45. The molecule has 0 amide bonds. The molecule has 0 saturated heterocycles. The third kappa shape index (κ3) is 3.14. The van der Waals surface area contributed by atoms with Gasteiger partial charge >= 0.3 is 5.97 Å². The van der Waals surface area contributed by atoms with Gasteiger partial charge in [-0.25, -0.2) is 0 Å². The molecule has 1 aliphatic heterocycles. The number of benzene rings is 1. The second-order valence-electron chi connectivity index (χ2n) is 5.20. The van der Waals surface area contributed by atoms with Crippen molar-refractivity contribution >= 4 is 21.9 Å². The summed E-state index contributed by atoms with van der Waals surface area (Å²) < 4.78 is 0.921. The normalized spacial score (nSPS) is 18.2. The number of carboxylic acid groups (broad SMARTS) is 1. The predicted molar refractivity (Wildman–Crippen MR) is 82.8 cm³/mol. The first-order valence-corrected chi connectivity index (χ1v) is 7.57. The summed E-state index contributed by atoms with van der Waals surface area (Å²) in [6, 6.07) is 11.4. The Hall–Kier alpha value is -1.72. The highest BCUT2D eigenvalue weighted by Crippen LogP contribution is 2.25. The summed E-state index contributed by atoms with van der Waals surface area (Å²) in [5.41, 5.74) is 3.21. The SMILES string of the molecule is O=C(O)C1Cc2ccccc2CN1Cc1ccc(Br)cn1. The number of rotatable bonds is 3. The molecule has 1 aromatic carbocycles. The fourth-order valence-corrected chi connectivity index (χ4v) is 2.93. The summed E-state index contributed by atoms with van der Waals surface area (Å²) in [6.07, 6.45) is 2.28. The van der Waals surface area contributed by atoms with Gasteiger partial charge in [0, 0.05) is 23.8 Å². The molecule has 4 nitrogen and oxygen atoms in total. The van der Waals surface area contributed by atoms with Crippen LogP contribution in [0.4, 0.5) is 0 Å². The molecule has 21 heavy (non-hydrogen) atoms. The molecule has 2 aromatic rings. The lowest BCUT2D eigenvalue weighted by molar-refractivity contribution is -0.144. The van der Waals surface area contributed by atoms with Gasteiger partial charge in [-0.3, -0.25) is 14.7 Å². The maximum atomic E-state index is 11.5. The van der Waals surface area contributed by atoms with E-state index in [0.29, 0.717) is 19.5 Å². The minimum atomic E-state index is -0.776. The van der Waals surface area contributed by atoms with Gasteiger partial charge in [-0.05, 0) is 45.6 Å². The number of aromatic nitrogens is 1. The van der Waals surface area contributed by atoms with Gasteiger partial charge in [0.25, 0.3) is 0 Å². The monoisotopic (exact) mass is 346 g/mol. The molecular weight excluding hydrogens is 332 g/mol. The van der Waals surface area contributed by atoms with Crippen LogP contribution in [-0.2, 0) is 24.3 Å². The lowest BCUT2D eigenvalue weighted by Gasteiger charge is -2.34. The number of fused-ring (bicyclic) bond motifs is 1. The molecule has 0 bridgehead atoms. The minimum absolute atomic E-state index is 0.495. The first-order chi connectivity index (χ1) is 10.1. The van der Waals surface area contributed by atoms with Crippen LogP contribution in [0.15, 0.2) is 47.1 Å². The molecule has 1 aliphatic rings. The molecule has 1 atom stereocenters. The Morgan fingerprint density at radius 2 is 2.05 bits per heavy atom. The van der Waals surface area contributed by atoms with E-state index in [1.807, 2.05) is 35.2 Å². The first kappa shape index (κ1) is 14.2. The Balaban J connectivity index is 1.85. The predicted octanol–water partition coefficient (Wildman–Crippen LogP) is 2.86. The highest BCUT2D eigenvalue weighted by atomic mass is 79.9. The number of pyridine rings is 1. The number of hydrogen-bond acceptors (Lipinski definition) is 3. The third-order valence-corrected chi connectivity index (χ3v) is 4.25. The number of nitrogens with zero attached hydrogens (tertiary/aromatic N) is 2. The molecule has 0 radical (unpaired) electrons. The number of halogens is 1. The first-order valence-electron chi connectivity index (χ1n) is 6.77. The van der Waals surface area contributed by atoms with Crippen LogP contribution in [0.25, 0.3) is 0 Å². The highest BCUT2D eigenvalue weighted by Gasteiger charge is 2.31. The van der Waals surface area contributed by atoms with E-state index in [-0.39, 0.29) is 0 Å². The quantitative estimate of drug-likeness (QED) is 0.928. The Labute approximate surface area is 131 Å². The van der Waals surface area contributed by atoms with E-state index in [0.717, 1.165) is 15.7 Å². The van der Waals surface area contributed by atoms with Gasteiger partial charge in [0.15, 0.2) is 0 Å². The van der Waals surface area contributed by atoms with Crippen molar-refractivity contribution in [1.82, 2.24) is 9.88 Å². The van der Waals surface area contributed by atoms with Gasteiger partial charge in [0.2, 0.25) is 0 Å². The summed E-state index contributed by atoms with van der Waals surface area (Å²) in [6.45, 7) is 1.18. The molecule has 5 heteroatoms. The Bertz CT molecular complexity index is 658. The lowest BCUT2D eigenvalue weighted by atomic mass is 9.94. The summed E-state index contributed by atoms with van der Waals surface area (Å²) in [5, 5.41) is 9.49. The molecule has 3 rings (SSSR count). The molecule has 1 N–H and O–H groups in total. The van der Waals surface area contributed by atoms with E-state index in [2.05, 4.69) is 27.0 Å². The Morgan fingerprint density at radius 1 is 1.29 bits per heavy atom. The second-order valence-corrected chi connectivity index (χ2v) is 6.12. The van der Waals surface area contributed by atoms with Crippen LogP contribution in [0, 0.1) is 0 Å². The summed E-state index contributed by atoms with van der Waals surface area (Å²) in [7, 11) is 0. The van der Waals surface area contributed by atoms with E-state index < -0.39 is 12.0 Å². The number of aliphatic carboxylic acids is 1. The van der Waals surface area contributed by atoms with Crippen LogP contribution in [0.1, 0.15) is 16.8 Å². The van der Waals surface area contributed by atoms with E-state index >= 15 is 0 Å². The molecular formula is C16H15BrN2O2. The van der Waals surface area contributed by atoms with E-state index in [9.17, 15) is 9.90 Å². The summed E-state index contributed by atoms with van der Waals surface area (Å²) >= 11 is 3.36. The van der Waals surface area contributed by atoms with Gasteiger partial charge in [0.05, 0.1) is 5.69 Å². The van der Waals surface area contributed by atoms with Crippen molar-refractivity contribution in [3.05, 3.63) is 63.9 Å². The number of hydrogen-bond donors (Lipinski definition) is 1. The Morgan fingerprint density at radius 3 is 2.71 bits per heavy atom. The van der Waals surface area contributed by atoms with Crippen molar-refractivity contribution in [1.29, 1.82) is 0 Å². The topological polar surface area (TPSA) is 53.4 Å². The van der Waals surface area contributed by atoms with E-state index in [4.69, 9.17) is 0 Å². The van der Waals surface area contributed by atoms with Crippen molar-refractivity contribution < 1.29 is 9.90 Å². The van der Waals surface area contributed by atoms with Crippen LogP contribution in [0.3, 0.4) is 0 Å². The van der Waals surface area contributed by atoms with Crippen molar-refractivity contribution in [2.24, 2.45) is 0 Å². The number of carboxylic acids is 1. The largest absolute Gasteiger partial charge is 0.480 e. The third-order valence-electron chi connectivity index (χ3n) is 3.78. The van der Waals surface area contributed by atoms with Crippen LogP contribution < -0.4 is 0 Å². The van der Waals surface area contributed by atoms with Crippen molar-refractivity contribution in [2.75, 3.05) is 0 Å². The second kappa shape index (κ2) is 5.95. The maximum absolute atomic E-state index is 11.5. The van der Waals surface area contributed by atoms with Gasteiger partial charge in [-0.2, -0.15) is 0 Å². The molecule has 0 saturated carbocycles. The standard InChI is InChI=1S/C16H15BrN2O2/c17-13-5-6-14(18-8-13)10-19-9-12-4-2-1-3-11(12)7-15(19)16(20)21/h1-6,8,15H,7,9-10H2,(H,20,21). The van der Waals surface area contributed by atoms with Gasteiger partial charge < -0.3 is 5.11 Å². The van der Waals surface area contributed by atoms with Crippen molar-refractivity contribution in [3.63, 3.8) is 0 Å². The molecule has 1 unspecified atom stereocenters. The zero-order valence-corrected chi connectivity index (χ0v) is 13.0. The molecule has 0 spiro atoms. The fourth-order valence-electron chi connectivity index (χ4n) is 2.69. The number of carbonyl (C=O) groups is 1. The van der Waals surface area contributed by atoms with Crippen molar-refractivity contribution in [3.8, 4) is 0 Å². The molecule has 2 heterocycles. The van der Waals surface area contributed by atoms with E-state index in [1.165, 1.54) is 5.56 Å². The zero-order valence-electron chi connectivity index (χ0n) is 11.4. The average molecular weight is 347 g/mol. The summed E-state index contributed by atoms with van der Waals surface area (Å²) in [5.74, 6) is -0.776. The van der Waals surface area contributed by atoms with Crippen LogP contribution in [0.5, 0.6) is 0 Å². The zero-order chi connectivity index (χ0) is 14.8. The highest BCUT2D eigenvalue weighted by molar-refractivity contribution is 9.10. The molecule has 108 valence electrons. The van der Waals surface area contributed by atoms with Crippen LogP contribution in [-0.4, -0.2) is 27.0 Å². The summed E-state index contributed by atoms with van der Waals surface area (Å²) in [4.78, 5) is 17.9. The van der Waals surface area contributed by atoms with Gasteiger partial charge in [-0.15, -0.1) is 0 Å². The van der Waals surface area contributed by atoms with Crippen LogP contribution >= 0.6 is 15.9 Å². The molecule has 1 aromatic heterocycles.